The van der Waals surface area contributed by atoms with Crippen molar-refractivity contribution in [2.45, 2.75) is 82.4 Å². The standard InChI is InChI=1S/C19H35N3O2.2ClH/c1-18(2)14-22(10-11-24-18)19(8-4-3-5-9-19)13-21-17(23)15-6-7-16(20)12-15;;/h15-16H,3-14,20H2,1-2H3,(H,21,23);2*1H. The van der Waals surface area contributed by atoms with Crippen LogP contribution < -0.4 is 11.1 Å². The number of rotatable bonds is 4. The molecule has 1 saturated heterocycles. The fraction of sp³-hybridized carbons (Fsp3) is 0.947. The number of halogens is 2. The molecule has 2 atom stereocenters. The number of ether oxygens (including phenoxy) is 1. The van der Waals surface area contributed by atoms with Crippen LogP contribution in [0.15, 0.2) is 0 Å². The van der Waals surface area contributed by atoms with E-state index in [1.54, 1.807) is 0 Å². The van der Waals surface area contributed by atoms with Gasteiger partial charge >= 0.3 is 0 Å². The summed E-state index contributed by atoms with van der Waals surface area (Å²) in [5, 5.41) is 3.30. The highest BCUT2D eigenvalue weighted by Gasteiger charge is 2.42. The molecule has 26 heavy (non-hydrogen) atoms. The van der Waals surface area contributed by atoms with Gasteiger partial charge in [0.1, 0.15) is 0 Å². The number of nitrogens with zero attached hydrogens (tertiary/aromatic N) is 1. The Hall–Kier alpha value is -0.0700. The van der Waals surface area contributed by atoms with Crippen molar-refractivity contribution < 1.29 is 9.53 Å². The highest BCUT2D eigenvalue weighted by molar-refractivity contribution is 5.85. The minimum atomic E-state index is -0.0923. The van der Waals surface area contributed by atoms with Crippen LogP contribution in [0.2, 0.25) is 0 Å². The topological polar surface area (TPSA) is 67.6 Å². The third kappa shape index (κ3) is 5.71. The number of carbonyl (C=O) groups excluding carboxylic acids is 1. The van der Waals surface area contributed by atoms with Gasteiger partial charge in [-0.15, -0.1) is 24.8 Å². The Morgan fingerprint density at radius 1 is 1.19 bits per heavy atom. The van der Waals surface area contributed by atoms with E-state index in [1.165, 1.54) is 32.1 Å². The first-order valence-electron chi connectivity index (χ1n) is 9.83. The molecule has 3 aliphatic rings. The van der Waals surface area contributed by atoms with Crippen LogP contribution in [0.1, 0.15) is 65.2 Å². The second-order valence-corrected chi connectivity index (χ2v) is 8.80. The van der Waals surface area contributed by atoms with E-state index in [1.807, 2.05) is 0 Å². The van der Waals surface area contributed by atoms with Crippen LogP contribution in [0, 0.1) is 5.92 Å². The van der Waals surface area contributed by atoms with Gasteiger partial charge < -0.3 is 15.8 Å². The summed E-state index contributed by atoms with van der Waals surface area (Å²) in [6.45, 7) is 7.86. The summed E-state index contributed by atoms with van der Waals surface area (Å²) in [7, 11) is 0. The molecular weight excluding hydrogens is 373 g/mol. The van der Waals surface area contributed by atoms with Crippen LogP contribution in [0.3, 0.4) is 0 Å². The van der Waals surface area contributed by atoms with Crippen molar-refractivity contribution in [1.29, 1.82) is 0 Å². The molecule has 5 nitrogen and oxygen atoms in total. The first kappa shape index (κ1) is 24.0. The van der Waals surface area contributed by atoms with E-state index < -0.39 is 0 Å². The molecule has 3 rings (SSSR count). The lowest BCUT2D eigenvalue weighted by molar-refractivity contribution is -0.131. The quantitative estimate of drug-likeness (QED) is 0.748. The van der Waals surface area contributed by atoms with Gasteiger partial charge in [0.25, 0.3) is 0 Å². The van der Waals surface area contributed by atoms with E-state index in [-0.39, 0.29) is 53.8 Å². The molecule has 1 heterocycles. The van der Waals surface area contributed by atoms with Gasteiger partial charge in [0.2, 0.25) is 5.91 Å². The van der Waals surface area contributed by atoms with Crippen LogP contribution in [0.25, 0.3) is 0 Å². The summed E-state index contributed by atoms with van der Waals surface area (Å²) >= 11 is 0. The van der Waals surface area contributed by atoms with E-state index >= 15 is 0 Å². The maximum atomic E-state index is 12.6. The monoisotopic (exact) mass is 409 g/mol. The Kier molecular flexibility index (Phi) is 9.15. The lowest BCUT2D eigenvalue weighted by Gasteiger charge is -2.51. The van der Waals surface area contributed by atoms with Crippen molar-refractivity contribution in [3.05, 3.63) is 0 Å². The molecule has 0 radical (unpaired) electrons. The summed E-state index contributed by atoms with van der Waals surface area (Å²) < 4.78 is 5.91. The van der Waals surface area contributed by atoms with E-state index in [4.69, 9.17) is 10.5 Å². The largest absolute Gasteiger partial charge is 0.373 e. The van der Waals surface area contributed by atoms with Crippen molar-refractivity contribution in [1.82, 2.24) is 10.2 Å². The third-order valence-corrected chi connectivity index (χ3v) is 6.32. The number of nitrogens with one attached hydrogen (secondary N) is 1. The van der Waals surface area contributed by atoms with E-state index in [0.29, 0.717) is 0 Å². The summed E-state index contributed by atoms with van der Waals surface area (Å²) in [4.78, 5) is 15.2. The van der Waals surface area contributed by atoms with Gasteiger partial charge in [-0.25, -0.2) is 0 Å². The number of morpholine rings is 1. The van der Waals surface area contributed by atoms with E-state index in [0.717, 1.165) is 45.5 Å². The lowest BCUT2D eigenvalue weighted by Crippen LogP contribution is -2.63. The molecule has 0 bridgehead atoms. The second kappa shape index (κ2) is 9.92. The van der Waals surface area contributed by atoms with Gasteiger partial charge in [-0.1, -0.05) is 19.3 Å². The Morgan fingerprint density at radius 2 is 1.88 bits per heavy atom. The van der Waals surface area contributed by atoms with Crippen LogP contribution in [-0.4, -0.2) is 54.2 Å². The summed E-state index contributed by atoms with van der Waals surface area (Å²) in [5.41, 5.74) is 6.00. The van der Waals surface area contributed by atoms with E-state index in [2.05, 4.69) is 24.1 Å². The van der Waals surface area contributed by atoms with Gasteiger partial charge in [0.15, 0.2) is 0 Å². The third-order valence-electron chi connectivity index (χ3n) is 6.32. The number of amides is 1. The maximum Gasteiger partial charge on any atom is 0.223 e. The first-order valence-corrected chi connectivity index (χ1v) is 9.83. The highest BCUT2D eigenvalue weighted by atomic mass is 35.5. The zero-order chi connectivity index (χ0) is 17.2. The normalized spacial score (nSPS) is 30.7. The van der Waals surface area contributed by atoms with Crippen molar-refractivity contribution >= 4 is 30.7 Å². The molecule has 154 valence electrons. The number of carbonyl (C=O) groups is 1. The zero-order valence-electron chi connectivity index (χ0n) is 16.3. The summed E-state index contributed by atoms with van der Waals surface area (Å²) in [5.74, 6) is 0.349. The Labute approximate surface area is 171 Å². The smallest absolute Gasteiger partial charge is 0.223 e. The molecule has 0 aromatic carbocycles. The molecule has 2 unspecified atom stereocenters. The Morgan fingerprint density at radius 3 is 2.46 bits per heavy atom. The predicted octanol–water partition coefficient (Wildman–Crippen LogP) is 2.89. The molecule has 3 N–H and O–H groups in total. The van der Waals surface area contributed by atoms with E-state index in [9.17, 15) is 4.79 Å². The SMILES string of the molecule is CC1(C)CN(C2(CNC(=O)C3CCC(N)C3)CCCCC2)CCO1.Cl.Cl. The number of hydrogen-bond acceptors (Lipinski definition) is 4. The number of nitrogens with two attached hydrogens (primary N) is 1. The minimum Gasteiger partial charge on any atom is -0.373 e. The zero-order valence-corrected chi connectivity index (χ0v) is 17.9. The minimum absolute atomic E-state index is 0. The molecule has 1 amide bonds. The van der Waals surface area contributed by atoms with Crippen molar-refractivity contribution in [2.75, 3.05) is 26.2 Å². The highest BCUT2D eigenvalue weighted by Crippen LogP contribution is 2.36. The summed E-state index contributed by atoms with van der Waals surface area (Å²) in [6.07, 6.45) is 9.01. The molecule has 1 aliphatic heterocycles. The van der Waals surface area contributed by atoms with Crippen molar-refractivity contribution in [3.63, 3.8) is 0 Å². The van der Waals surface area contributed by atoms with Crippen LogP contribution in [0.5, 0.6) is 0 Å². The fourth-order valence-corrected chi connectivity index (χ4v) is 4.89. The van der Waals surface area contributed by atoms with Gasteiger partial charge in [-0.2, -0.15) is 0 Å². The second-order valence-electron chi connectivity index (χ2n) is 8.80. The molecule has 0 spiro atoms. The molecular formula is C19H37Cl2N3O2. The Bertz CT molecular complexity index is 456. The molecule has 2 aliphatic carbocycles. The van der Waals surface area contributed by atoms with Crippen molar-refractivity contribution in [2.24, 2.45) is 11.7 Å². The van der Waals surface area contributed by atoms with Gasteiger partial charge in [-0.3, -0.25) is 9.69 Å². The maximum absolute atomic E-state index is 12.6. The van der Waals surface area contributed by atoms with Crippen LogP contribution in [-0.2, 0) is 9.53 Å². The average Bonchev–Trinajstić information content (AvgIpc) is 2.99. The first-order chi connectivity index (χ1) is 11.4. The molecule has 0 aromatic rings. The fourth-order valence-electron chi connectivity index (χ4n) is 4.89. The molecule has 2 saturated carbocycles. The summed E-state index contributed by atoms with van der Waals surface area (Å²) in [6, 6.07) is 0.212. The van der Waals surface area contributed by atoms with Gasteiger partial charge in [0, 0.05) is 37.1 Å². The molecule has 0 aromatic heterocycles. The molecule has 3 fully saturated rings. The Balaban J connectivity index is 0.00000169. The van der Waals surface area contributed by atoms with Gasteiger partial charge in [-0.05, 0) is 46.0 Å². The lowest BCUT2D eigenvalue weighted by atomic mass is 9.79. The van der Waals surface area contributed by atoms with Crippen LogP contribution in [0.4, 0.5) is 0 Å². The van der Waals surface area contributed by atoms with Crippen molar-refractivity contribution in [3.8, 4) is 0 Å². The average molecular weight is 410 g/mol. The van der Waals surface area contributed by atoms with Crippen LogP contribution >= 0.6 is 24.8 Å². The molecule has 7 heteroatoms. The van der Waals surface area contributed by atoms with Gasteiger partial charge in [0.05, 0.1) is 12.2 Å². The predicted molar refractivity (Wildman–Crippen MR) is 110 cm³/mol. The number of hydrogen-bond donors (Lipinski definition) is 2.